The van der Waals surface area contributed by atoms with Gasteiger partial charge in [-0.15, -0.1) is 0 Å². The van der Waals surface area contributed by atoms with Gasteiger partial charge in [0.25, 0.3) is 0 Å². The molecule has 0 bridgehead atoms. The van der Waals surface area contributed by atoms with Crippen molar-refractivity contribution in [3.63, 3.8) is 0 Å². The van der Waals surface area contributed by atoms with Gasteiger partial charge >= 0.3 is 129 Å². The summed E-state index contributed by atoms with van der Waals surface area (Å²) < 4.78 is 2.20. The van der Waals surface area contributed by atoms with Crippen molar-refractivity contribution >= 4 is 77.0 Å². The molecule has 92 valence electrons. The van der Waals surface area contributed by atoms with Crippen LogP contribution in [0, 0.1) is 0 Å². The Morgan fingerprint density at radius 1 is 0.875 bits per heavy atom. The average molecular weight is 422 g/mol. The van der Waals surface area contributed by atoms with E-state index < -0.39 is 0 Å². The Morgan fingerprint density at radius 3 is 1.62 bits per heavy atom. The van der Waals surface area contributed by atoms with Gasteiger partial charge in [-0.25, -0.2) is 0 Å². The van der Waals surface area contributed by atoms with Gasteiger partial charge in [0.2, 0.25) is 0 Å². The predicted molar refractivity (Wildman–Crippen MR) is 86.1 cm³/mol. The normalized spacial score (nSPS) is 42.0. The van der Waals surface area contributed by atoms with Crippen molar-refractivity contribution in [2.45, 2.75) is 29.4 Å². The Hall–Kier alpha value is 2.44. The summed E-state index contributed by atoms with van der Waals surface area (Å²) in [6, 6.07) is 0. The van der Waals surface area contributed by atoms with E-state index in [1.54, 1.807) is 10.6 Å². The van der Waals surface area contributed by atoms with Crippen LogP contribution in [0.4, 0.5) is 0 Å². The van der Waals surface area contributed by atoms with E-state index in [2.05, 4.69) is 47.0 Å². The van der Waals surface area contributed by atoms with Crippen LogP contribution in [0.1, 0.15) is 0 Å². The molecule has 0 nitrogen and oxygen atoms in total. The molecule has 3 fully saturated rings. The van der Waals surface area contributed by atoms with Gasteiger partial charge in [-0.2, -0.15) is 0 Å². The number of rotatable bonds is 6. The summed E-state index contributed by atoms with van der Waals surface area (Å²) in [4.78, 5) is 0. The zero-order chi connectivity index (χ0) is 10.8. The summed E-state index contributed by atoms with van der Waals surface area (Å²) in [6.45, 7) is 0. The Morgan fingerprint density at radius 2 is 1.31 bits per heavy atom. The summed E-state index contributed by atoms with van der Waals surface area (Å²) in [7, 11) is 0. The summed E-state index contributed by atoms with van der Waals surface area (Å²) >= 11 is 10.9. The maximum absolute atomic E-state index is 2.32. The van der Waals surface area contributed by atoms with E-state index >= 15 is 0 Å². The van der Waals surface area contributed by atoms with Gasteiger partial charge in [0.15, 0.2) is 0 Å². The van der Waals surface area contributed by atoms with Crippen LogP contribution in [0.3, 0.4) is 0 Å². The minimum atomic E-state index is 0.957. The number of hydrogen-bond acceptors (Lipinski definition) is 4. The molecule has 3 rings (SSSR count). The van der Waals surface area contributed by atoms with E-state index in [0.29, 0.717) is 0 Å². The first-order valence-corrected chi connectivity index (χ1v) is 14.2. The Labute approximate surface area is 128 Å². The molecular formula is C10H16S4Se2. The second-order valence-corrected chi connectivity index (χ2v) is 15.8. The summed E-state index contributed by atoms with van der Waals surface area (Å²) in [5.74, 6) is 5.83. The third kappa shape index (κ3) is 4.84. The quantitative estimate of drug-likeness (QED) is 0.477. The van der Waals surface area contributed by atoms with Gasteiger partial charge in [0.05, 0.1) is 0 Å². The summed E-state index contributed by atoms with van der Waals surface area (Å²) in [5, 5.41) is 5.27. The van der Waals surface area contributed by atoms with Crippen molar-refractivity contribution in [1.82, 2.24) is 0 Å². The van der Waals surface area contributed by atoms with Crippen LogP contribution in [-0.4, -0.2) is 71.7 Å². The van der Waals surface area contributed by atoms with E-state index in [4.69, 9.17) is 0 Å². The average Bonchev–Trinajstić information content (AvgIpc) is 3.17. The monoisotopic (exact) mass is 424 g/mol. The van der Waals surface area contributed by atoms with Gasteiger partial charge in [-0.05, 0) is 0 Å². The molecular weight excluding hydrogens is 406 g/mol. The van der Waals surface area contributed by atoms with Crippen molar-refractivity contribution < 1.29 is 0 Å². The minimum absolute atomic E-state index is 0.957. The van der Waals surface area contributed by atoms with Gasteiger partial charge in [0.1, 0.15) is 0 Å². The molecule has 16 heavy (non-hydrogen) atoms. The number of hydrogen-bond donors (Lipinski definition) is 0. The molecule has 3 aliphatic rings. The molecule has 0 spiro atoms. The zero-order valence-electron chi connectivity index (χ0n) is 9.00. The van der Waals surface area contributed by atoms with Crippen LogP contribution in [0.5, 0.6) is 0 Å². The Bertz CT molecular complexity index is 201. The van der Waals surface area contributed by atoms with Crippen LogP contribution < -0.4 is 0 Å². The first-order chi connectivity index (χ1) is 7.90. The number of thioether (sulfide) groups is 4. The predicted octanol–water partition coefficient (Wildman–Crippen LogP) is 2.59. The van der Waals surface area contributed by atoms with Crippen molar-refractivity contribution in [2.24, 2.45) is 0 Å². The van der Waals surface area contributed by atoms with E-state index in [-0.39, 0.29) is 0 Å². The second-order valence-electron chi connectivity index (χ2n) is 4.10. The molecule has 3 saturated heterocycles. The third-order valence-electron chi connectivity index (χ3n) is 2.58. The van der Waals surface area contributed by atoms with E-state index in [0.717, 1.165) is 48.7 Å². The first-order valence-electron chi connectivity index (χ1n) is 5.60. The fourth-order valence-electron chi connectivity index (χ4n) is 1.42. The zero-order valence-corrected chi connectivity index (χ0v) is 15.7. The van der Waals surface area contributed by atoms with E-state index in [1.807, 2.05) is 0 Å². The molecule has 0 saturated carbocycles. The standard InChI is InChI=1S/C10H16S4Se2/c1-7(11-1)3-13-9-5-16-10(6-15-9)14-4-8-2-12-8/h7-10H,1-6H2. The van der Waals surface area contributed by atoms with E-state index in [1.165, 1.54) is 23.0 Å². The van der Waals surface area contributed by atoms with Crippen LogP contribution in [0.25, 0.3) is 0 Å². The molecule has 3 heterocycles. The van der Waals surface area contributed by atoms with Gasteiger partial charge in [0, 0.05) is 0 Å². The fourth-order valence-corrected chi connectivity index (χ4v) is 15.8. The fraction of sp³-hybridized carbons (Fsp3) is 1.00. The van der Waals surface area contributed by atoms with Gasteiger partial charge in [-0.1, -0.05) is 0 Å². The van der Waals surface area contributed by atoms with Crippen molar-refractivity contribution in [2.75, 3.05) is 23.0 Å². The van der Waals surface area contributed by atoms with Crippen LogP contribution in [0.15, 0.2) is 0 Å². The molecule has 4 atom stereocenters. The SMILES string of the molecule is C1SC1CSC1C[Se]C(SCC2CS2)C[Se]1. The summed E-state index contributed by atoms with van der Waals surface area (Å²) in [5.41, 5.74) is 0. The van der Waals surface area contributed by atoms with Crippen molar-refractivity contribution in [3.8, 4) is 0 Å². The van der Waals surface area contributed by atoms with Crippen LogP contribution in [-0.2, 0) is 0 Å². The van der Waals surface area contributed by atoms with E-state index in [9.17, 15) is 0 Å². The molecule has 0 aliphatic carbocycles. The van der Waals surface area contributed by atoms with Crippen LogP contribution in [0.2, 0.25) is 10.6 Å². The summed E-state index contributed by atoms with van der Waals surface area (Å²) in [6.07, 6.45) is 0. The van der Waals surface area contributed by atoms with Crippen molar-refractivity contribution in [1.29, 1.82) is 0 Å². The first kappa shape index (κ1) is 13.4. The molecule has 0 N–H and O–H groups in total. The topological polar surface area (TPSA) is 0 Å². The van der Waals surface area contributed by atoms with Crippen LogP contribution >= 0.6 is 47.0 Å². The second kappa shape index (κ2) is 6.74. The molecule has 0 aromatic carbocycles. The molecule has 4 unspecified atom stereocenters. The molecule has 0 aromatic heterocycles. The van der Waals surface area contributed by atoms with Gasteiger partial charge < -0.3 is 0 Å². The Kier molecular flexibility index (Phi) is 5.66. The Balaban J connectivity index is 1.28. The molecule has 0 amide bonds. The molecule has 6 heteroatoms. The third-order valence-corrected chi connectivity index (χ3v) is 17.9. The molecule has 0 radical (unpaired) electrons. The maximum atomic E-state index is 2.32. The van der Waals surface area contributed by atoms with Crippen molar-refractivity contribution in [3.05, 3.63) is 0 Å². The molecule has 0 aromatic rings. The molecule has 3 aliphatic heterocycles. The van der Waals surface area contributed by atoms with Gasteiger partial charge in [-0.3, -0.25) is 0 Å².